The van der Waals surface area contributed by atoms with Gasteiger partial charge in [0.15, 0.2) is 0 Å². The zero-order valence-electron chi connectivity index (χ0n) is 12.1. The first-order chi connectivity index (χ1) is 9.15. The normalized spacial score (nSPS) is 13.2. The van der Waals surface area contributed by atoms with Gasteiger partial charge in [0.05, 0.1) is 6.54 Å². The Balaban J connectivity index is 4.37. The van der Waals surface area contributed by atoms with E-state index in [4.69, 9.17) is 5.73 Å². The zero-order valence-corrected chi connectivity index (χ0v) is 12.1. The van der Waals surface area contributed by atoms with Crippen LogP contribution in [0.1, 0.15) is 27.7 Å². The molecule has 0 aromatic rings. The van der Waals surface area contributed by atoms with Gasteiger partial charge in [0.1, 0.15) is 12.1 Å². The molecule has 0 bridgehead atoms. The van der Waals surface area contributed by atoms with Crippen molar-refractivity contribution in [2.24, 2.45) is 11.7 Å². The third kappa shape index (κ3) is 6.72. The molecule has 4 amide bonds. The Morgan fingerprint density at radius 3 is 2.00 bits per heavy atom. The van der Waals surface area contributed by atoms with Gasteiger partial charge in [-0.2, -0.15) is 0 Å². The fourth-order valence-corrected chi connectivity index (χ4v) is 1.41. The minimum absolute atomic E-state index is 0.154. The van der Waals surface area contributed by atoms with E-state index in [0.717, 1.165) is 0 Å². The predicted octanol–water partition coefficient (Wildman–Crippen LogP) is -1.75. The molecule has 2 atom stereocenters. The number of carbonyl (C=O) groups is 4. The van der Waals surface area contributed by atoms with E-state index in [0.29, 0.717) is 0 Å². The van der Waals surface area contributed by atoms with Gasteiger partial charge >= 0.3 is 0 Å². The molecule has 0 aromatic carbocycles. The van der Waals surface area contributed by atoms with Gasteiger partial charge in [-0.3, -0.25) is 19.2 Å². The van der Waals surface area contributed by atoms with Crippen LogP contribution in [-0.2, 0) is 19.2 Å². The second-order valence-corrected chi connectivity index (χ2v) is 4.83. The van der Waals surface area contributed by atoms with Gasteiger partial charge < -0.3 is 21.7 Å². The average molecular weight is 286 g/mol. The van der Waals surface area contributed by atoms with Crippen molar-refractivity contribution in [2.45, 2.75) is 39.8 Å². The number of nitrogens with two attached hydrogens (primary N) is 1. The van der Waals surface area contributed by atoms with Crippen LogP contribution in [0.3, 0.4) is 0 Å². The Bertz CT molecular complexity index is 395. The number of nitrogens with one attached hydrogen (secondary N) is 3. The van der Waals surface area contributed by atoms with Crippen molar-refractivity contribution in [2.75, 3.05) is 6.54 Å². The summed E-state index contributed by atoms with van der Waals surface area (Å²) >= 11 is 0. The summed E-state index contributed by atoms with van der Waals surface area (Å²) in [7, 11) is 0. The molecular weight excluding hydrogens is 264 g/mol. The molecule has 0 aliphatic heterocycles. The molecule has 0 radical (unpaired) electrons. The fraction of sp³-hybridized carbons (Fsp3) is 0.667. The lowest BCUT2D eigenvalue weighted by Crippen LogP contribution is -2.54. The van der Waals surface area contributed by atoms with Gasteiger partial charge in [0.2, 0.25) is 23.6 Å². The van der Waals surface area contributed by atoms with Crippen molar-refractivity contribution in [1.82, 2.24) is 16.0 Å². The van der Waals surface area contributed by atoms with E-state index in [2.05, 4.69) is 16.0 Å². The third-order valence-corrected chi connectivity index (χ3v) is 2.54. The lowest BCUT2D eigenvalue weighted by molar-refractivity contribution is -0.131. The molecule has 20 heavy (non-hydrogen) atoms. The van der Waals surface area contributed by atoms with E-state index in [-0.39, 0.29) is 18.4 Å². The molecule has 0 fully saturated rings. The maximum Gasteiger partial charge on any atom is 0.242 e. The molecule has 8 nitrogen and oxygen atoms in total. The van der Waals surface area contributed by atoms with Gasteiger partial charge in [-0.25, -0.2) is 0 Å². The van der Waals surface area contributed by atoms with Crippen LogP contribution < -0.4 is 21.7 Å². The monoisotopic (exact) mass is 286 g/mol. The second kappa shape index (κ2) is 8.13. The third-order valence-electron chi connectivity index (χ3n) is 2.54. The molecule has 0 saturated carbocycles. The molecule has 0 saturated heterocycles. The number of amides is 4. The lowest BCUT2D eigenvalue weighted by Gasteiger charge is -2.21. The Hall–Kier alpha value is -2.12. The molecule has 5 N–H and O–H groups in total. The summed E-state index contributed by atoms with van der Waals surface area (Å²) in [5.41, 5.74) is 5.18. The zero-order chi connectivity index (χ0) is 15.9. The van der Waals surface area contributed by atoms with E-state index in [1.165, 1.54) is 13.8 Å². The summed E-state index contributed by atoms with van der Waals surface area (Å²) in [6.07, 6.45) is 0. The summed E-state index contributed by atoms with van der Waals surface area (Å²) in [5.74, 6) is -2.14. The highest BCUT2D eigenvalue weighted by Crippen LogP contribution is 2.01. The first-order valence-corrected chi connectivity index (χ1v) is 6.28. The van der Waals surface area contributed by atoms with Crippen LogP contribution in [0.15, 0.2) is 0 Å². The van der Waals surface area contributed by atoms with Crippen molar-refractivity contribution in [1.29, 1.82) is 0 Å². The highest BCUT2D eigenvalue weighted by molar-refractivity contribution is 5.92. The second-order valence-electron chi connectivity index (χ2n) is 4.83. The summed E-state index contributed by atoms with van der Waals surface area (Å²) < 4.78 is 0. The first-order valence-electron chi connectivity index (χ1n) is 6.28. The van der Waals surface area contributed by atoms with E-state index in [1.54, 1.807) is 13.8 Å². The van der Waals surface area contributed by atoms with Gasteiger partial charge in [0.25, 0.3) is 0 Å². The molecule has 114 valence electrons. The van der Waals surface area contributed by atoms with Crippen molar-refractivity contribution >= 4 is 23.6 Å². The fourth-order valence-electron chi connectivity index (χ4n) is 1.41. The van der Waals surface area contributed by atoms with Gasteiger partial charge in [-0.05, 0) is 12.8 Å². The molecule has 0 heterocycles. The number of hydrogen-bond donors (Lipinski definition) is 4. The van der Waals surface area contributed by atoms with Crippen LogP contribution in [0.25, 0.3) is 0 Å². The highest BCUT2D eigenvalue weighted by atomic mass is 16.2. The van der Waals surface area contributed by atoms with Crippen LogP contribution in [0.4, 0.5) is 0 Å². The van der Waals surface area contributed by atoms with Crippen molar-refractivity contribution < 1.29 is 19.2 Å². The topological polar surface area (TPSA) is 130 Å². The maximum absolute atomic E-state index is 11.8. The van der Waals surface area contributed by atoms with E-state index in [1.807, 2.05) is 0 Å². The number of carbonyl (C=O) groups excluding carboxylic acids is 4. The average Bonchev–Trinajstić information content (AvgIpc) is 2.32. The largest absolute Gasteiger partial charge is 0.368 e. The molecule has 0 aliphatic carbocycles. The Morgan fingerprint density at radius 2 is 1.60 bits per heavy atom. The first kappa shape index (κ1) is 17.9. The van der Waals surface area contributed by atoms with Gasteiger partial charge in [0, 0.05) is 6.92 Å². The van der Waals surface area contributed by atoms with Crippen LogP contribution in [0.2, 0.25) is 0 Å². The van der Waals surface area contributed by atoms with E-state index in [9.17, 15) is 19.2 Å². The number of primary amides is 1. The van der Waals surface area contributed by atoms with Gasteiger partial charge in [-0.1, -0.05) is 13.8 Å². The minimum Gasteiger partial charge on any atom is -0.368 e. The van der Waals surface area contributed by atoms with Crippen molar-refractivity contribution in [3.63, 3.8) is 0 Å². The van der Waals surface area contributed by atoms with Crippen LogP contribution in [-0.4, -0.2) is 42.3 Å². The SMILES string of the molecule is CC(=O)NCC(=O)N[C@@H](C)C(=O)N[C@H](C(N)=O)C(C)C. The number of hydrogen-bond acceptors (Lipinski definition) is 4. The minimum atomic E-state index is -0.836. The van der Waals surface area contributed by atoms with E-state index >= 15 is 0 Å². The highest BCUT2D eigenvalue weighted by Gasteiger charge is 2.24. The molecule has 0 aromatic heterocycles. The van der Waals surface area contributed by atoms with Crippen LogP contribution in [0.5, 0.6) is 0 Å². The summed E-state index contributed by atoms with van der Waals surface area (Å²) in [6, 6.07) is -1.63. The van der Waals surface area contributed by atoms with Crippen LogP contribution in [0, 0.1) is 5.92 Å². The summed E-state index contributed by atoms with van der Waals surface area (Å²) in [5, 5.41) is 7.18. The quantitative estimate of drug-likeness (QED) is 0.442. The standard InChI is InChI=1S/C12H22N4O4/c1-6(2)10(11(13)19)16-12(20)7(3)15-9(18)5-14-8(4)17/h6-7,10H,5H2,1-4H3,(H2,13,19)(H,14,17)(H,15,18)(H,16,20)/t7-,10-/m0/s1. The van der Waals surface area contributed by atoms with Crippen LogP contribution >= 0.6 is 0 Å². The lowest BCUT2D eigenvalue weighted by atomic mass is 10.0. The number of rotatable bonds is 7. The Labute approximate surface area is 117 Å². The Morgan fingerprint density at radius 1 is 1.05 bits per heavy atom. The van der Waals surface area contributed by atoms with Crippen molar-refractivity contribution in [3.05, 3.63) is 0 Å². The predicted molar refractivity (Wildman–Crippen MR) is 72.3 cm³/mol. The molecular formula is C12H22N4O4. The molecule has 0 unspecified atom stereocenters. The molecule has 0 rings (SSSR count). The maximum atomic E-state index is 11.8. The Kier molecular flexibility index (Phi) is 7.27. The smallest absolute Gasteiger partial charge is 0.242 e. The molecule has 8 heteroatoms. The molecule has 0 spiro atoms. The summed E-state index contributed by atoms with van der Waals surface area (Å²) in [4.78, 5) is 45.0. The van der Waals surface area contributed by atoms with Crippen molar-refractivity contribution in [3.8, 4) is 0 Å². The molecule has 0 aliphatic rings. The van der Waals surface area contributed by atoms with Gasteiger partial charge in [-0.15, -0.1) is 0 Å². The van der Waals surface area contributed by atoms with E-state index < -0.39 is 29.8 Å². The summed E-state index contributed by atoms with van der Waals surface area (Å²) in [6.45, 7) is 6.03.